The van der Waals surface area contributed by atoms with Crippen LogP contribution >= 0.6 is 0 Å². The number of rotatable bonds is 3. The Bertz CT molecular complexity index is 1080. The molecule has 0 spiro atoms. The fourth-order valence-corrected chi connectivity index (χ4v) is 4.43. The van der Waals surface area contributed by atoms with Crippen molar-refractivity contribution in [3.05, 3.63) is 47.3 Å². The van der Waals surface area contributed by atoms with Gasteiger partial charge in [-0.1, -0.05) is 12.1 Å². The van der Waals surface area contributed by atoms with Crippen molar-refractivity contribution < 1.29 is 14.4 Å². The van der Waals surface area contributed by atoms with Crippen molar-refractivity contribution in [1.82, 2.24) is 25.3 Å². The Balaban J connectivity index is 1.47. The molecule has 8 nitrogen and oxygen atoms in total. The topological polar surface area (TPSA) is 96.3 Å². The highest BCUT2D eigenvalue weighted by atomic mass is 16.2. The van der Waals surface area contributed by atoms with Gasteiger partial charge in [-0.15, -0.1) is 0 Å². The Morgan fingerprint density at radius 3 is 2.79 bits per heavy atom. The second-order valence-electron chi connectivity index (χ2n) is 7.66. The van der Waals surface area contributed by atoms with E-state index >= 15 is 0 Å². The minimum Gasteiger partial charge on any atom is -0.322 e. The summed E-state index contributed by atoms with van der Waals surface area (Å²) in [6.07, 6.45) is 4.64. The first-order valence-electron chi connectivity index (χ1n) is 9.73. The Morgan fingerprint density at radius 2 is 2.03 bits per heavy atom. The predicted octanol–water partition coefficient (Wildman–Crippen LogP) is 0.835. The minimum absolute atomic E-state index is 0.157. The number of hydrogen-bond acceptors (Lipinski definition) is 5. The largest absolute Gasteiger partial charge is 0.322 e. The van der Waals surface area contributed by atoms with Gasteiger partial charge in [0.1, 0.15) is 6.04 Å². The van der Waals surface area contributed by atoms with Crippen LogP contribution in [0.25, 0.3) is 16.7 Å². The highest BCUT2D eigenvalue weighted by Crippen LogP contribution is 2.34. The van der Waals surface area contributed by atoms with Gasteiger partial charge in [-0.2, -0.15) is 5.10 Å². The number of piperidine rings is 1. The number of fused-ring (bicyclic) bond motifs is 1. The van der Waals surface area contributed by atoms with Gasteiger partial charge in [-0.3, -0.25) is 24.4 Å². The first kappa shape index (κ1) is 17.8. The molecule has 1 aromatic heterocycles. The van der Waals surface area contributed by atoms with Gasteiger partial charge in [-0.05, 0) is 35.3 Å². The van der Waals surface area contributed by atoms with Crippen LogP contribution in [0.5, 0.6) is 0 Å². The first-order valence-corrected chi connectivity index (χ1v) is 9.73. The van der Waals surface area contributed by atoms with Gasteiger partial charge in [0, 0.05) is 44.2 Å². The molecule has 1 aromatic carbocycles. The van der Waals surface area contributed by atoms with Crippen molar-refractivity contribution in [2.75, 3.05) is 13.1 Å². The summed E-state index contributed by atoms with van der Waals surface area (Å²) in [5, 5.41) is 10.1. The van der Waals surface area contributed by atoms with E-state index in [4.69, 9.17) is 0 Å². The molecule has 148 valence electrons. The number of nitrogens with zero attached hydrogens (tertiary/aromatic N) is 3. The van der Waals surface area contributed by atoms with Gasteiger partial charge in [-0.25, -0.2) is 0 Å². The second-order valence-corrected chi connectivity index (χ2v) is 7.66. The van der Waals surface area contributed by atoms with Crippen LogP contribution in [0.2, 0.25) is 0 Å². The molecule has 0 saturated carbocycles. The van der Waals surface area contributed by atoms with Gasteiger partial charge in [0.25, 0.3) is 5.91 Å². The summed E-state index contributed by atoms with van der Waals surface area (Å²) in [4.78, 5) is 38.1. The molecule has 2 N–H and O–H groups in total. The van der Waals surface area contributed by atoms with Gasteiger partial charge in [0.15, 0.2) is 0 Å². The summed E-state index contributed by atoms with van der Waals surface area (Å²) < 4.78 is 1.88. The Hall–Kier alpha value is -3.26. The number of carbonyl (C=O) groups excluding carboxylic acids is 3. The predicted molar refractivity (Wildman–Crippen MR) is 106 cm³/mol. The maximum absolute atomic E-state index is 12.9. The van der Waals surface area contributed by atoms with Crippen molar-refractivity contribution in [1.29, 1.82) is 0 Å². The number of carbonyl (C=O) groups is 3. The fraction of sp³-hybridized carbons (Fsp3) is 0.333. The van der Waals surface area contributed by atoms with E-state index in [0.29, 0.717) is 18.5 Å². The van der Waals surface area contributed by atoms with Crippen molar-refractivity contribution in [2.45, 2.75) is 25.4 Å². The van der Waals surface area contributed by atoms with Gasteiger partial charge in [0.2, 0.25) is 11.8 Å². The van der Waals surface area contributed by atoms with E-state index in [1.807, 2.05) is 36.1 Å². The van der Waals surface area contributed by atoms with Crippen molar-refractivity contribution in [3.8, 4) is 11.1 Å². The Morgan fingerprint density at radius 1 is 1.17 bits per heavy atom. The molecule has 1 unspecified atom stereocenters. The van der Waals surface area contributed by atoms with E-state index in [0.717, 1.165) is 35.5 Å². The second kappa shape index (κ2) is 6.66. The summed E-state index contributed by atoms with van der Waals surface area (Å²) in [5.41, 5.74) is 5.81. The summed E-state index contributed by atoms with van der Waals surface area (Å²) in [5.74, 6) is -0.828. The number of imide groups is 1. The maximum atomic E-state index is 12.9. The molecule has 1 atom stereocenters. The maximum Gasteiger partial charge on any atom is 0.255 e. The number of amides is 3. The third kappa shape index (κ3) is 2.87. The molecule has 29 heavy (non-hydrogen) atoms. The van der Waals surface area contributed by atoms with Crippen LogP contribution in [0, 0.1) is 0 Å². The summed E-state index contributed by atoms with van der Waals surface area (Å²) in [7, 11) is 1.93. The summed E-state index contributed by atoms with van der Waals surface area (Å²) in [6.45, 7) is 2.02. The number of aromatic nitrogens is 2. The molecule has 2 aromatic rings. The standard InChI is InChI=1S/C21H21N5O3/c1-25-19(13-6-7-22-9-13)16(10-23-25)12-2-3-15-14(8-12)11-26(21(15)29)17-4-5-18(27)24-20(17)28/h2-3,6,8,10,17,22H,4-5,7,9,11H2,1H3,(H,24,27,28). The lowest BCUT2D eigenvalue weighted by Crippen LogP contribution is -2.52. The third-order valence-corrected chi connectivity index (χ3v) is 5.89. The quantitative estimate of drug-likeness (QED) is 0.756. The van der Waals surface area contributed by atoms with Crippen LogP contribution in [0.1, 0.15) is 34.5 Å². The molecular weight excluding hydrogens is 370 g/mol. The molecule has 1 fully saturated rings. The van der Waals surface area contributed by atoms with Crippen LogP contribution in [-0.4, -0.2) is 51.5 Å². The van der Waals surface area contributed by atoms with Crippen molar-refractivity contribution >= 4 is 23.3 Å². The molecule has 3 amide bonds. The van der Waals surface area contributed by atoms with E-state index in [1.165, 1.54) is 5.57 Å². The van der Waals surface area contributed by atoms with Crippen LogP contribution in [-0.2, 0) is 23.2 Å². The van der Waals surface area contributed by atoms with E-state index < -0.39 is 11.9 Å². The van der Waals surface area contributed by atoms with E-state index in [1.54, 1.807) is 4.90 Å². The lowest BCUT2D eigenvalue weighted by Gasteiger charge is -2.29. The van der Waals surface area contributed by atoms with E-state index in [9.17, 15) is 14.4 Å². The first-order chi connectivity index (χ1) is 14.0. The van der Waals surface area contributed by atoms with Crippen LogP contribution in [0.3, 0.4) is 0 Å². The average molecular weight is 391 g/mol. The monoisotopic (exact) mass is 391 g/mol. The molecule has 1 saturated heterocycles. The number of aryl methyl sites for hydroxylation is 1. The van der Waals surface area contributed by atoms with Crippen LogP contribution in [0.4, 0.5) is 0 Å². The third-order valence-electron chi connectivity index (χ3n) is 5.89. The van der Waals surface area contributed by atoms with Crippen LogP contribution < -0.4 is 10.6 Å². The van der Waals surface area contributed by atoms with Crippen molar-refractivity contribution in [3.63, 3.8) is 0 Å². The zero-order valence-corrected chi connectivity index (χ0v) is 16.1. The van der Waals surface area contributed by atoms with E-state index in [2.05, 4.69) is 21.8 Å². The molecule has 0 radical (unpaired) electrons. The highest BCUT2D eigenvalue weighted by molar-refractivity contribution is 6.05. The number of nitrogens with one attached hydrogen (secondary N) is 2. The molecule has 3 aliphatic heterocycles. The average Bonchev–Trinajstić information content (AvgIpc) is 3.41. The van der Waals surface area contributed by atoms with Crippen molar-refractivity contribution in [2.24, 2.45) is 7.05 Å². The highest BCUT2D eigenvalue weighted by Gasteiger charge is 2.39. The molecule has 0 bridgehead atoms. The van der Waals surface area contributed by atoms with Gasteiger partial charge < -0.3 is 10.2 Å². The molecule has 3 aliphatic rings. The normalized spacial score (nSPS) is 21.4. The molecule has 5 rings (SSSR count). The Kier molecular flexibility index (Phi) is 4.09. The molecule has 8 heteroatoms. The SMILES string of the molecule is Cn1ncc(-c2ccc3c(c2)CN(C2CCC(=O)NC2=O)C3=O)c1C1=CCNC1. The van der Waals surface area contributed by atoms with E-state index in [-0.39, 0.29) is 18.2 Å². The van der Waals surface area contributed by atoms with Gasteiger partial charge >= 0.3 is 0 Å². The molecule has 4 heterocycles. The minimum atomic E-state index is -0.597. The van der Waals surface area contributed by atoms with Crippen LogP contribution in [0.15, 0.2) is 30.5 Å². The van der Waals surface area contributed by atoms with Gasteiger partial charge in [0.05, 0.1) is 11.9 Å². The molecular formula is C21H21N5O3. The zero-order valence-electron chi connectivity index (χ0n) is 16.1. The Labute approximate surface area is 167 Å². The number of benzene rings is 1. The summed E-state index contributed by atoms with van der Waals surface area (Å²) in [6, 6.07) is 5.19. The lowest BCUT2D eigenvalue weighted by atomic mass is 9.98. The molecule has 0 aliphatic carbocycles. The zero-order chi connectivity index (χ0) is 20.1. The number of hydrogen-bond donors (Lipinski definition) is 2. The summed E-state index contributed by atoms with van der Waals surface area (Å²) >= 11 is 0. The fourth-order valence-electron chi connectivity index (χ4n) is 4.43. The smallest absolute Gasteiger partial charge is 0.255 e. The lowest BCUT2D eigenvalue weighted by molar-refractivity contribution is -0.136.